The molecule has 15 aromatic rings. The fraction of sp³-hybridized carbons (Fsp3) is 0.0811. The van der Waals surface area contributed by atoms with Crippen LogP contribution in [-0.2, 0) is 10.8 Å². The minimum Gasteiger partial charge on any atom is -0.455 e. The fourth-order valence-electron chi connectivity index (χ4n) is 14.4. The number of benzene rings is 12. The summed E-state index contributed by atoms with van der Waals surface area (Å²) < 4.78 is 12.4. The number of hydrogen-bond acceptors (Lipinski definition) is 1. The average Bonchev–Trinajstić information content (AvgIpc) is 4.35. The third-order valence-corrected chi connectivity index (χ3v) is 18.1. The van der Waals surface area contributed by atoms with Crippen LogP contribution >= 0.6 is 0 Å². The van der Waals surface area contributed by atoms with Gasteiger partial charge in [0.1, 0.15) is 11.2 Å². The SMILES string of the molecule is CC1(C)c2ccccc2-c2cc3c(-c4ccc5c(c4)c4ccccc4n5-c4ccccc4)cc4c5cc(-c6ccc7c(c6)c6ccccc6n7-c6ccccc6)c6cc7c(cc6c5oc4c3cc21)C(C)(C)c1ccccc1-7. The maximum atomic E-state index is 7.62. The molecule has 0 saturated heterocycles. The molecule has 0 bridgehead atoms. The zero-order valence-corrected chi connectivity index (χ0v) is 43.2. The number of hydrogen-bond donors (Lipinski definition) is 0. The zero-order chi connectivity index (χ0) is 51.1. The highest BCUT2D eigenvalue weighted by atomic mass is 16.3. The quantitative estimate of drug-likeness (QED) is 0.172. The zero-order valence-electron chi connectivity index (χ0n) is 43.2. The van der Waals surface area contributed by atoms with Gasteiger partial charge in [-0.25, -0.2) is 0 Å². The molecule has 0 amide bonds. The van der Waals surface area contributed by atoms with Gasteiger partial charge in [-0.2, -0.15) is 0 Å². The molecule has 3 nitrogen and oxygen atoms in total. The monoisotopic (exact) mass is 982 g/mol. The van der Waals surface area contributed by atoms with Crippen LogP contribution in [0, 0.1) is 0 Å². The first kappa shape index (κ1) is 42.9. The Balaban J connectivity index is 0.995. The highest BCUT2D eigenvalue weighted by molar-refractivity contribution is 6.26. The Morgan fingerprint density at radius 2 is 0.623 bits per heavy atom. The topological polar surface area (TPSA) is 23.0 Å². The van der Waals surface area contributed by atoms with Gasteiger partial charge in [0, 0.05) is 65.3 Å². The predicted octanol–water partition coefficient (Wildman–Crippen LogP) is 20.0. The number of furan rings is 1. The van der Waals surface area contributed by atoms with Crippen molar-refractivity contribution >= 4 is 87.1 Å². The van der Waals surface area contributed by atoms with Gasteiger partial charge in [0.2, 0.25) is 0 Å². The van der Waals surface area contributed by atoms with Crippen molar-refractivity contribution in [3.05, 3.63) is 253 Å². The summed E-state index contributed by atoms with van der Waals surface area (Å²) in [4.78, 5) is 0. The molecule has 0 spiro atoms. The minimum absolute atomic E-state index is 0.198. The summed E-state index contributed by atoms with van der Waals surface area (Å²) in [6, 6.07) is 86.3. The molecule has 0 atom stereocenters. The smallest absolute Gasteiger partial charge is 0.143 e. The van der Waals surface area contributed by atoms with Crippen molar-refractivity contribution in [2.45, 2.75) is 38.5 Å². The van der Waals surface area contributed by atoms with Crippen molar-refractivity contribution < 1.29 is 4.42 Å². The molecule has 2 aliphatic carbocycles. The predicted molar refractivity (Wildman–Crippen MR) is 323 cm³/mol. The van der Waals surface area contributed by atoms with Gasteiger partial charge < -0.3 is 13.6 Å². The highest BCUT2D eigenvalue weighted by Crippen LogP contribution is 2.55. The molecule has 0 aliphatic heterocycles. The van der Waals surface area contributed by atoms with E-state index in [4.69, 9.17) is 4.42 Å². The van der Waals surface area contributed by atoms with E-state index in [2.05, 4.69) is 267 Å². The molecular formula is C74H50N2O. The molecule has 12 aromatic carbocycles. The van der Waals surface area contributed by atoms with Crippen LogP contribution in [0.15, 0.2) is 235 Å². The van der Waals surface area contributed by atoms with E-state index in [-0.39, 0.29) is 10.8 Å². The van der Waals surface area contributed by atoms with Crippen molar-refractivity contribution in [2.75, 3.05) is 0 Å². The molecular weight excluding hydrogens is 933 g/mol. The summed E-state index contributed by atoms with van der Waals surface area (Å²) in [5.74, 6) is 0. The molecule has 0 N–H and O–H groups in total. The Hall–Kier alpha value is -9.44. The molecule has 0 fully saturated rings. The van der Waals surface area contributed by atoms with Gasteiger partial charge in [-0.1, -0.05) is 161 Å². The van der Waals surface area contributed by atoms with Crippen LogP contribution in [-0.4, -0.2) is 9.13 Å². The van der Waals surface area contributed by atoms with E-state index in [1.54, 1.807) is 0 Å². The maximum absolute atomic E-state index is 7.62. The number of aromatic nitrogens is 2. The van der Waals surface area contributed by atoms with Gasteiger partial charge in [0.05, 0.1) is 22.1 Å². The lowest BCUT2D eigenvalue weighted by molar-refractivity contribution is 0.659. The summed E-state index contributed by atoms with van der Waals surface area (Å²) >= 11 is 0. The van der Waals surface area contributed by atoms with E-state index < -0.39 is 0 Å². The summed E-state index contributed by atoms with van der Waals surface area (Å²) in [5.41, 5.74) is 23.9. The Kier molecular flexibility index (Phi) is 8.42. The van der Waals surface area contributed by atoms with E-state index in [9.17, 15) is 0 Å². The summed E-state index contributed by atoms with van der Waals surface area (Å²) in [6.45, 7) is 9.53. The van der Waals surface area contributed by atoms with Crippen molar-refractivity contribution in [3.8, 4) is 55.9 Å². The Morgan fingerprint density at radius 1 is 0.260 bits per heavy atom. The molecule has 362 valence electrons. The van der Waals surface area contributed by atoms with Crippen LogP contribution in [0.1, 0.15) is 49.9 Å². The Morgan fingerprint density at radius 3 is 1.08 bits per heavy atom. The minimum atomic E-state index is -0.198. The first-order chi connectivity index (χ1) is 37.7. The van der Waals surface area contributed by atoms with Crippen LogP contribution < -0.4 is 0 Å². The van der Waals surface area contributed by atoms with Crippen molar-refractivity contribution in [1.29, 1.82) is 0 Å². The molecule has 3 aromatic heterocycles. The number of nitrogens with zero attached hydrogens (tertiary/aromatic N) is 2. The van der Waals surface area contributed by atoms with Gasteiger partial charge in [-0.15, -0.1) is 0 Å². The molecule has 3 heteroatoms. The lowest BCUT2D eigenvalue weighted by atomic mass is 9.81. The number of fused-ring (bicyclic) bond motifs is 19. The first-order valence-electron chi connectivity index (χ1n) is 27.1. The third kappa shape index (κ3) is 5.70. The van der Waals surface area contributed by atoms with Gasteiger partial charge >= 0.3 is 0 Å². The van der Waals surface area contributed by atoms with Crippen molar-refractivity contribution in [1.82, 2.24) is 9.13 Å². The van der Waals surface area contributed by atoms with E-state index in [0.717, 1.165) is 44.1 Å². The van der Waals surface area contributed by atoms with E-state index in [0.29, 0.717) is 0 Å². The summed E-state index contributed by atoms with van der Waals surface area (Å²) in [6.07, 6.45) is 0. The standard InChI is InChI=1S/C74H50N2O/c1-73(2)63-27-15-11-23-47(63)55-39-53-51(43-31-33-69-57(35-43)49-25-13-17-29-67(49)75(69)45-19-7-5-8-20-45)37-59-60-38-52(44-32-34-70-58(36-44)50-26-14-18-30-68(50)76(70)46-21-9-6-10-22-46)54-40-56-48-24-12-16-28-64(48)74(3,4)66(56)42-62(54)72(60)77-71(59)61(53)41-65(55)73/h5-42H,1-4H3. The Labute approximate surface area is 445 Å². The average molecular weight is 983 g/mol. The van der Waals surface area contributed by atoms with E-state index in [1.807, 2.05) is 0 Å². The number of rotatable bonds is 4. The van der Waals surface area contributed by atoms with Gasteiger partial charge in [0.25, 0.3) is 0 Å². The van der Waals surface area contributed by atoms with E-state index in [1.165, 1.54) is 121 Å². The van der Waals surface area contributed by atoms with E-state index >= 15 is 0 Å². The molecule has 77 heavy (non-hydrogen) atoms. The lowest BCUT2D eigenvalue weighted by Crippen LogP contribution is -2.14. The third-order valence-electron chi connectivity index (χ3n) is 18.1. The molecule has 2 aliphatic rings. The van der Waals surface area contributed by atoms with Crippen LogP contribution in [0.2, 0.25) is 0 Å². The van der Waals surface area contributed by atoms with Crippen molar-refractivity contribution in [3.63, 3.8) is 0 Å². The summed E-state index contributed by atoms with van der Waals surface area (Å²) in [5, 5.41) is 11.8. The second-order valence-electron chi connectivity index (χ2n) is 22.8. The molecule has 0 unspecified atom stereocenters. The summed E-state index contributed by atoms with van der Waals surface area (Å²) in [7, 11) is 0. The fourth-order valence-corrected chi connectivity index (χ4v) is 14.4. The highest BCUT2D eigenvalue weighted by Gasteiger charge is 2.38. The largest absolute Gasteiger partial charge is 0.455 e. The second kappa shape index (κ2) is 15.1. The molecule has 17 rings (SSSR count). The molecule has 3 heterocycles. The number of para-hydroxylation sites is 4. The second-order valence-corrected chi connectivity index (χ2v) is 22.8. The molecule has 0 radical (unpaired) electrons. The normalized spacial score (nSPS) is 14.2. The van der Waals surface area contributed by atoms with Gasteiger partial charge in [-0.05, 0) is 175 Å². The lowest BCUT2D eigenvalue weighted by Gasteiger charge is -2.22. The molecule has 0 saturated carbocycles. The van der Waals surface area contributed by atoms with Crippen molar-refractivity contribution in [2.24, 2.45) is 0 Å². The van der Waals surface area contributed by atoms with Gasteiger partial charge in [0.15, 0.2) is 0 Å². The van der Waals surface area contributed by atoms with Crippen LogP contribution in [0.3, 0.4) is 0 Å². The van der Waals surface area contributed by atoms with Crippen LogP contribution in [0.4, 0.5) is 0 Å². The first-order valence-corrected chi connectivity index (χ1v) is 27.1. The van der Waals surface area contributed by atoms with Crippen LogP contribution in [0.5, 0.6) is 0 Å². The maximum Gasteiger partial charge on any atom is 0.143 e. The van der Waals surface area contributed by atoms with Gasteiger partial charge in [-0.3, -0.25) is 0 Å². The van der Waals surface area contributed by atoms with Crippen LogP contribution in [0.25, 0.3) is 143 Å². The Bertz CT molecular complexity index is 4760.